The normalized spacial score (nSPS) is 28.0. The van der Waals surface area contributed by atoms with Crippen LogP contribution >= 0.6 is 0 Å². The third-order valence-corrected chi connectivity index (χ3v) is 8.83. The van der Waals surface area contributed by atoms with Crippen LogP contribution in [-0.4, -0.2) is 144 Å². The van der Waals surface area contributed by atoms with Crippen molar-refractivity contribution in [2.45, 2.75) is 67.8 Å². The van der Waals surface area contributed by atoms with Crippen molar-refractivity contribution in [1.82, 2.24) is 0 Å². The molecule has 0 aromatic heterocycles. The van der Waals surface area contributed by atoms with Gasteiger partial charge in [-0.15, -0.1) is 0 Å². The van der Waals surface area contributed by atoms with E-state index in [1.54, 1.807) is 0 Å². The first-order valence-electron chi connectivity index (χ1n) is 17.2. The summed E-state index contributed by atoms with van der Waals surface area (Å²) in [4.78, 5) is 25.5. The van der Waals surface area contributed by atoms with Crippen LogP contribution in [0.5, 0.6) is 28.7 Å². The summed E-state index contributed by atoms with van der Waals surface area (Å²) >= 11 is 0. The van der Waals surface area contributed by atoms with Crippen molar-refractivity contribution in [3.05, 3.63) is 89.5 Å². The van der Waals surface area contributed by atoms with Crippen molar-refractivity contribution in [3.63, 3.8) is 0 Å². The predicted molar refractivity (Wildman–Crippen MR) is 190 cm³/mol. The van der Waals surface area contributed by atoms with Crippen LogP contribution in [0.4, 0.5) is 0 Å². The molecule has 3 aromatic rings. The molecule has 2 fully saturated rings. The molecule has 2 saturated heterocycles. The Morgan fingerprint density at radius 1 is 0.643 bits per heavy atom. The summed E-state index contributed by atoms with van der Waals surface area (Å²) in [5.74, 6) is -3.46. The fourth-order valence-corrected chi connectivity index (χ4v) is 5.76. The molecule has 0 spiro atoms. The standard InChI is InChI=1S/C38H42O18/c39-17-27-35(55-30(46)12-6-20-3-9-23(41)25(43)15-20)36(34(50)37(53-27)51-14-13-21-4-10-24(42)26(44)16-21)56-38-33(49)32(48)31(47)28(54-38)18-52-29(45)11-5-19-1-7-22(40)8-2-19/h1-12,15-16,27-28,31-44,47-50H,13-14,17-18H2. The van der Waals surface area contributed by atoms with Gasteiger partial charge in [0.15, 0.2) is 41.7 Å². The van der Waals surface area contributed by atoms with E-state index in [1.807, 2.05) is 0 Å². The van der Waals surface area contributed by atoms with E-state index in [4.69, 9.17) is 28.4 Å². The summed E-state index contributed by atoms with van der Waals surface area (Å²) in [6.07, 6.45) is -12.5. The fraction of sp³-hybridized carbons (Fsp3) is 0.368. The largest absolute Gasteiger partial charge is 0.508 e. The molecule has 2 heterocycles. The zero-order chi connectivity index (χ0) is 40.5. The second-order valence-electron chi connectivity index (χ2n) is 12.8. The average molecular weight is 787 g/mol. The van der Waals surface area contributed by atoms with Gasteiger partial charge in [0, 0.05) is 12.2 Å². The van der Waals surface area contributed by atoms with Crippen molar-refractivity contribution in [2.75, 3.05) is 19.8 Å². The highest BCUT2D eigenvalue weighted by Crippen LogP contribution is 2.32. The number of benzene rings is 3. The highest BCUT2D eigenvalue weighted by atomic mass is 16.7. The van der Waals surface area contributed by atoms with Crippen LogP contribution in [0.1, 0.15) is 16.7 Å². The number of hydrogen-bond donors (Lipinski definition) is 10. The van der Waals surface area contributed by atoms with Crippen molar-refractivity contribution in [1.29, 1.82) is 0 Å². The van der Waals surface area contributed by atoms with Crippen molar-refractivity contribution >= 4 is 24.1 Å². The molecule has 3 aromatic carbocycles. The first-order valence-corrected chi connectivity index (χ1v) is 17.2. The average Bonchev–Trinajstić information content (AvgIpc) is 3.18. The summed E-state index contributed by atoms with van der Waals surface area (Å²) in [5.41, 5.74) is 1.38. The minimum absolute atomic E-state index is 0.0234. The van der Waals surface area contributed by atoms with Crippen molar-refractivity contribution in [2.24, 2.45) is 0 Å². The molecule has 0 radical (unpaired) electrons. The van der Waals surface area contributed by atoms with E-state index in [2.05, 4.69) is 0 Å². The quantitative estimate of drug-likeness (QED) is 0.0581. The van der Waals surface area contributed by atoms with Gasteiger partial charge < -0.3 is 79.5 Å². The Morgan fingerprint density at radius 2 is 1.27 bits per heavy atom. The number of esters is 2. The number of aromatic hydroxyl groups is 5. The van der Waals surface area contributed by atoms with Crippen LogP contribution in [0.2, 0.25) is 0 Å². The topological polar surface area (TPSA) is 292 Å². The lowest BCUT2D eigenvalue weighted by Gasteiger charge is -2.46. The first kappa shape index (κ1) is 41.9. The zero-order valence-corrected chi connectivity index (χ0v) is 29.4. The zero-order valence-electron chi connectivity index (χ0n) is 29.4. The summed E-state index contributed by atoms with van der Waals surface area (Å²) < 4.78 is 33.8. The summed E-state index contributed by atoms with van der Waals surface area (Å²) in [6.45, 7) is -1.61. The Hall–Kier alpha value is -5.28. The SMILES string of the molecule is O=C(C=Cc1ccc(O)cc1)OCC1OC(OC2C(O)C(OCCc3ccc(O)c(O)c3)OC(CO)C2OC(=O)C=Cc2ccc(O)c(O)c2)C(O)C(O)C1O. The monoisotopic (exact) mass is 786 g/mol. The van der Waals surface area contributed by atoms with Gasteiger partial charge in [-0.05, 0) is 71.7 Å². The van der Waals surface area contributed by atoms with Gasteiger partial charge in [-0.1, -0.05) is 24.3 Å². The molecule has 18 heteroatoms. The number of carbonyl (C=O) groups is 2. The summed E-state index contributed by atoms with van der Waals surface area (Å²) in [5, 5.41) is 102. The number of phenols is 5. The molecule has 2 aliphatic rings. The molecule has 56 heavy (non-hydrogen) atoms. The third-order valence-electron chi connectivity index (χ3n) is 8.83. The molecular weight excluding hydrogens is 744 g/mol. The molecule has 0 amide bonds. The predicted octanol–water partition coefficient (Wildman–Crippen LogP) is -0.0736. The van der Waals surface area contributed by atoms with E-state index < -0.39 is 98.1 Å². The number of aliphatic hydroxyl groups is 5. The van der Waals surface area contributed by atoms with E-state index in [-0.39, 0.29) is 35.8 Å². The minimum Gasteiger partial charge on any atom is -0.508 e. The highest BCUT2D eigenvalue weighted by molar-refractivity contribution is 5.87. The molecule has 18 nitrogen and oxygen atoms in total. The lowest BCUT2D eigenvalue weighted by molar-refractivity contribution is -0.360. The molecule has 10 N–H and O–H groups in total. The molecule has 0 bridgehead atoms. The number of ether oxygens (including phenoxy) is 6. The number of carbonyl (C=O) groups excluding carboxylic acids is 2. The lowest BCUT2D eigenvalue weighted by Crippen LogP contribution is -2.65. The Balaban J connectivity index is 1.32. The smallest absolute Gasteiger partial charge is 0.331 e. The van der Waals surface area contributed by atoms with Crippen LogP contribution in [0.3, 0.4) is 0 Å². The maximum atomic E-state index is 13.0. The number of phenolic OH excluding ortho intramolecular Hbond substituents is 5. The molecule has 2 aliphatic heterocycles. The van der Waals surface area contributed by atoms with Crippen LogP contribution in [0, 0.1) is 0 Å². The van der Waals surface area contributed by atoms with Gasteiger partial charge in [-0.25, -0.2) is 9.59 Å². The summed E-state index contributed by atoms with van der Waals surface area (Å²) in [6, 6.07) is 13.7. The van der Waals surface area contributed by atoms with Gasteiger partial charge in [0.05, 0.1) is 13.2 Å². The number of aliphatic hydroxyl groups excluding tert-OH is 5. The maximum Gasteiger partial charge on any atom is 0.331 e. The third kappa shape index (κ3) is 10.7. The molecule has 10 atom stereocenters. The summed E-state index contributed by atoms with van der Waals surface area (Å²) in [7, 11) is 0. The minimum atomic E-state index is -1.98. The molecule has 302 valence electrons. The van der Waals surface area contributed by atoms with Gasteiger partial charge in [-0.2, -0.15) is 0 Å². The highest BCUT2D eigenvalue weighted by Gasteiger charge is 2.53. The van der Waals surface area contributed by atoms with Crippen LogP contribution in [0.25, 0.3) is 12.2 Å². The van der Waals surface area contributed by atoms with Crippen molar-refractivity contribution < 1.29 is 89.1 Å². The van der Waals surface area contributed by atoms with E-state index in [9.17, 15) is 60.7 Å². The maximum absolute atomic E-state index is 13.0. The Labute approximate surface area is 318 Å². The Kier molecular flexibility index (Phi) is 14.2. The van der Waals surface area contributed by atoms with E-state index in [1.165, 1.54) is 66.7 Å². The first-order chi connectivity index (χ1) is 26.7. The lowest BCUT2D eigenvalue weighted by atomic mass is 9.96. The van der Waals surface area contributed by atoms with Crippen LogP contribution in [-0.2, 0) is 44.4 Å². The van der Waals surface area contributed by atoms with Crippen LogP contribution in [0.15, 0.2) is 72.8 Å². The number of rotatable bonds is 14. The fourth-order valence-electron chi connectivity index (χ4n) is 5.76. The number of hydrogen-bond acceptors (Lipinski definition) is 18. The molecule has 10 unspecified atom stereocenters. The van der Waals surface area contributed by atoms with E-state index in [0.29, 0.717) is 11.1 Å². The van der Waals surface area contributed by atoms with Gasteiger partial charge in [0.2, 0.25) is 0 Å². The van der Waals surface area contributed by atoms with Crippen molar-refractivity contribution in [3.8, 4) is 28.7 Å². The van der Waals surface area contributed by atoms with Gasteiger partial charge >= 0.3 is 11.9 Å². The van der Waals surface area contributed by atoms with Gasteiger partial charge in [-0.3, -0.25) is 0 Å². The van der Waals surface area contributed by atoms with Gasteiger partial charge in [0.1, 0.15) is 55.1 Å². The second kappa shape index (κ2) is 19.0. The van der Waals surface area contributed by atoms with Gasteiger partial charge in [0.25, 0.3) is 0 Å². The molecule has 0 saturated carbocycles. The van der Waals surface area contributed by atoms with E-state index in [0.717, 1.165) is 18.2 Å². The molecule has 5 rings (SSSR count). The Bertz CT molecular complexity index is 1850. The van der Waals surface area contributed by atoms with E-state index >= 15 is 0 Å². The van der Waals surface area contributed by atoms with Crippen LogP contribution < -0.4 is 0 Å². The Morgan fingerprint density at radius 3 is 1.95 bits per heavy atom. The second-order valence-corrected chi connectivity index (χ2v) is 12.8. The molecule has 0 aliphatic carbocycles. The molecular formula is C38H42O18.